The lowest BCUT2D eigenvalue weighted by Crippen LogP contribution is -2.51. The fraction of sp³-hybridized carbons (Fsp3) is 0.462. The van der Waals surface area contributed by atoms with E-state index in [1.54, 1.807) is 12.1 Å². The molecule has 1 unspecified atom stereocenters. The third kappa shape index (κ3) is 3.92. The van der Waals surface area contributed by atoms with Crippen molar-refractivity contribution in [1.29, 1.82) is 0 Å². The number of nitrogens with zero attached hydrogens (tertiary/aromatic N) is 1. The molecule has 2 N–H and O–H groups in total. The molecule has 0 aliphatic carbocycles. The van der Waals surface area contributed by atoms with Crippen molar-refractivity contribution in [2.75, 3.05) is 31.5 Å². The Kier molecular flexibility index (Phi) is 5.21. The number of hydrogen-bond donors (Lipinski definition) is 2. The normalized spacial score (nSPS) is 18.1. The number of hydrogen-bond acceptors (Lipinski definition) is 3. The minimum Gasteiger partial charge on any atom is -0.324 e. The van der Waals surface area contributed by atoms with E-state index >= 15 is 0 Å². The summed E-state index contributed by atoms with van der Waals surface area (Å²) in [7, 11) is 0. The van der Waals surface area contributed by atoms with Crippen LogP contribution in [0.3, 0.4) is 0 Å². The summed E-state index contributed by atoms with van der Waals surface area (Å²) in [6, 6.07) is 5.20. The van der Waals surface area contributed by atoms with Gasteiger partial charge in [-0.2, -0.15) is 0 Å². The smallest absolute Gasteiger partial charge is 0.241 e. The molecule has 1 fully saturated rings. The molecule has 1 heterocycles. The van der Waals surface area contributed by atoms with E-state index in [-0.39, 0.29) is 11.9 Å². The summed E-state index contributed by atoms with van der Waals surface area (Å²) in [5.41, 5.74) is 0.708. The molecule has 2 rings (SSSR count). The van der Waals surface area contributed by atoms with Crippen LogP contribution in [-0.4, -0.2) is 43.0 Å². The van der Waals surface area contributed by atoms with Gasteiger partial charge in [0.05, 0.1) is 11.7 Å². The van der Waals surface area contributed by atoms with Crippen LogP contribution in [0.1, 0.15) is 6.92 Å². The van der Waals surface area contributed by atoms with Gasteiger partial charge in [-0.15, -0.1) is 0 Å². The minimum atomic E-state index is -0.145. The number of rotatable bonds is 3. The highest BCUT2D eigenvalue weighted by atomic mass is 79.9. The third-order valence-electron chi connectivity index (χ3n) is 3.27. The van der Waals surface area contributed by atoms with Crippen molar-refractivity contribution in [3.05, 3.63) is 27.7 Å². The quantitative estimate of drug-likeness (QED) is 0.883. The first kappa shape index (κ1) is 14.8. The van der Waals surface area contributed by atoms with E-state index in [4.69, 9.17) is 11.6 Å². The molecule has 0 bridgehead atoms. The van der Waals surface area contributed by atoms with Crippen LogP contribution in [0.5, 0.6) is 0 Å². The Morgan fingerprint density at radius 2 is 2.16 bits per heavy atom. The molecule has 0 spiro atoms. The summed E-state index contributed by atoms with van der Waals surface area (Å²) in [4.78, 5) is 14.4. The molecule has 1 aromatic rings. The molecule has 0 radical (unpaired) electrons. The number of carbonyl (C=O) groups is 1. The molecule has 1 atom stereocenters. The molecule has 4 nitrogen and oxygen atoms in total. The summed E-state index contributed by atoms with van der Waals surface area (Å²) in [6.45, 7) is 5.58. The number of halogens is 2. The molecule has 1 amide bonds. The van der Waals surface area contributed by atoms with Crippen LogP contribution in [0.4, 0.5) is 5.69 Å². The molecular formula is C13H17BrClN3O. The topological polar surface area (TPSA) is 44.4 Å². The summed E-state index contributed by atoms with van der Waals surface area (Å²) in [5, 5.41) is 6.80. The van der Waals surface area contributed by atoms with Gasteiger partial charge in [0, 0.05) is 35.7 Å². The fourth-order valence-corrected chi connectivity index (χ4v) is 2.58. The van der Waals surface area contributed by atoms with Crippen molar-refractivity contribution in [3.63, 3.8) is 0 Å². The number of amides is 1. The Balaban J connectivity index is 2.01. The van der Waals surface area contributed by atoms with E-state index in [1.165, 1.54) is 0 Å². The maximum atomic E-state index is 12.2. The van der Waals surface area contributed by atoms with Crippen LogP contribution in [0.2, 0.25) is 5.02 Å². The second-order valence-electron chi connectivity index (χ2n) is 4.58. The summed E-state index contributed by atoms with van der Waals surface area (Å²) in [6.07, 6.45) is 0. The maximum absolute atomic E-state index is 12.2. The van der Waals surface area contributed by atoms with E-state index in [0.717, 1.165) is 30.7 Å². The molecular weight excluding hydrogens is 330 g/mol. The zero-order valence-electron chi connectivity index (χ0n) is 10.7. The lowest BCUT2D eigenvalue weighted by molar-refractivity contribution is -0.120. The second-order valence-corrected chi connectivity index (χ2v) is 5.87. The average molecular weight is 347 g/mol. The molecule has 1 aliphatic rings. The first-order valence-electron chi connectivity index (χ1n) is 6.28. The molecule has 19 heavy (non-hydrogen) atoms. The van der Waals surface area contributed by atoms with Crippen LogP contribution < -0.4 is 10.6 Å². The van der Waals surface area contributed by atoms with Gasteiger partial charge in [0.25, 0.3) is 0 Å². The SMILES string of the molecule is CC(C(=O)Nc1cc(Cl)ccc1Br)N1CCNCC1. The zero-order valence-corrected chi connectivity index (χ0v) is 13.1. The van der Waals surface area contributed by atoms with E-state index in [9.17, 15) is 4.79 Å². The second kappa shape index (κ2) is 6.70. The van der Waals surface area contributed by atoms with Crippen LogP contribution in [0.15, 0.2) is 22.7 Å². The first-order chi connectivity index (χ1) is 9.08. The van der Waals surface area contributed by atoms with Crippen LogP contribution >= 0.6 is 27.5 Å². The van der Waals surface area contributed by atoms with Crippen molar-refractivity contribution in [2.45, 2.75) is 13.0 Å². The standard InChI is InChI=1S/C13H17BrClN3O/c1-9(18-6-4-16-5-7-18)13(19)17-12-8-10(15)2-3-11(12)14/h2-3,8-9,16H,4-7H2,1H3,(H,17,19). The third-order valence-corrected chi connectivity index (χ3v) is 4.19. The van der Waals surface area contributed by atoms with E-state index < -0.39 is 0 Å². The number of nitrogens with one attached hydrogen (secondary N) is 2. The van der Waals surface area contributed by atoms with E-state index in [2.05, 4.69) is 31.5 Å². The average Bonchev–Trinajstić information content (AvgIpc) is 2.43. The fourth-order valence-electron chi connectivity index (χ4n) is 2.07. The Labute approximate surface area is 126 Å². The molecule has 0 aromatic heterocycles. The number of benzene rings is 1. The Hall–Kier alpha value is -0.620. The Bertz CT molecular complexity index is 463. The van der Waals surface area contributed by atoms with Gasteiger partial charge in [-0.25, -0.2) is 0 Å². The van der Waals surface area contributed by atoms with E-state index in [0.29, 0.717) is 10.7 Å². The number of carbonyl (C=O) groups excluding carboxylic acids is 1. The van der Waals surface area contributed by atoms with Crippen LogP contribution in [0.25, 0.3) is 0 Å². The molecule has 1 aromatic carbocycles. The lowest BCUT2D eigenvalue weighted by atomic mass is 10.2. The summed E-state index contributed by atoms with van der Waals surface area (Å²) < 4.78 is 0.831. The van der Waals surface area contributed by atoms with Gasteiger partial charge in [0.1, 0.15) is 0 Å². The van der Waals surface area contributed by atoms with Gasteiger partial charge in [0.2, 0.25) is 5.91 Å². The van der Waals surface area contributed by atoms with Crippen LogP contribution in [-0.2, 0) is 4.79 Å². The largest absolute Gasteiger partial charge is 0.324 e. The summed E-state index contributed by atoms with van der Waals surface area (Å²) in [5.74, 6) is -0.00938. The predicted molar refractivity (Wildman–Crippen MR) is 81.7 cm³/mol. The van der Waals surface area contributed by atoms with Gasteiger partial charge >= 0.3 is 0 Å². The van der Waals surface area contributed by atoms with Crippen molar-refractivity contribution in [2.24, 2.45) is 0 Å². The highest BCUT2D eigenvalue weighted by Gasteiger charge is 2.23. The monoisotopic (exact) mass is 345 g/mol. The van der Waals surface area contributed by atoms with Gasteiger partial charge in [0.15, 0.2) is 0 Å². The van der Waals surface area contributed by atoms with Gasteiger partial charge < -0.3 is 10.6 Å². The molecule has 1 saturated heterocycles. The van der Waals surface area contributed by atoms with Crippen molar-refractivity contribution in [1.82, 2.24) is 10.2 Å². The van der Waals surface area contributed by atoms with Crippen molar-refractivity contribution in [3.8, 4) is 0 Å². The van der Waals surface area contributed by atoms with E-state index in [1.807, 2.05) is 13.0 Å². The van der Waals surface area contributed by atoms with Crippen molar-refractivity contribution < 1.29 is 4.79 Å². The zero-order chi connectivity index (χ0) is 13.8. The Morgan fingerprint density at radius 1 is 1.47 bits per heavy atom. The molecule has 6 heteroatoms. The molecule has 0 saturated carbocycles. The molecule has 1 aliphatic heterocycles. The van der Waals surface area contributed by atoms with Crippen molar-refractivity contribution >= 4 is 39.1 Å². The predicted octanol–water partition coefficient (Wildman–Crippen LogP) is 2.33. The highest BCUT2D eigenvalue weighted by molar-refractivity contribution is 9.10. The first-order valence-corrected chi connectivity index (χ1v) is 7.45. The number of piperazine rings is 1. The van der Waals surface area contributed by atoms with Gasteiger partial charge in [-0.1, -0.05) is 11.6 Å². The number of anilines is 1. The van der Waals surface area contributed by atoms with Crippen LogP contribution in [0, 0.1) is 0 Å². The molecule has 104 valence electrons. The minimum absolute atomic E-state index is 0.00938. The van der Waals surface area contributed by atoms with Gasteiger partial charge in [-0.05, 0) is 41.1 Å². The van der Waals surface area contributed by atoms with Gasteiger partial charge in [-0.3, -0.25) is 9.69 Å². The Morgan fingerprint density at radius 3 is 2.84 bits per heavy atom. The summed E-state index contributed by atoms with van der Waals surface area (Å²) >= 11 is 9.34. The maximum Gasteiger partial charge on any atom is 0.241 e. The highest BCUT2D eigenvalue weighted by Crippen LogP contribution is 2.26. The lowest BCUT2D eigenvalue weighted by Gasteiger charge is -2.31.